The van der Waals surface area contributed by atoms with Gasteiger partial charge in [0.05, 0.1) is 19.1 Å². The summed E-state index contributed by atoms with van der Waals surface area (Å²) in [6.45, 7) is 8.97. The molecule has 0 aromatic heterocycles. The number of carbonyl (C=O) groups is 1. The molecule has 2 atom stereocenters. The maximum Gasteiger partial charge on any atom is 0.224 e. The van der Waals surface area contributed by atoms with E-state index in [1.54, 1.807) is 0 Å². The largest absolute Gasteiger partial charge is 0.375 e. The van der Waals surface area contributed by atoms with Crippen molar-refractivity contribution >= 4 is 5.91 Å². The Hall–Kier alpha value is -1.65. The lowest BCUT2D eigenvalue weighted by atomic mass is 9.95. The number of hydrogen-bond acceptors (Lipinski definition) is 3. The average Bonchev–Trinajstić information content (AvgIpc) is 2.45. The van der Waals surface area contributed by atoms with E-state index in [9.17, 15) is 4.79 Å². The quantitative estimate of drug-likeness (QED) is 0.564. The van der Waals surface area contributed by atoms with E-state index in [2.05, 4.69) is 11.9 Å². The highest BCUT2D eigenvalue weighted by Gasteiger charge is 2.21. The van der Waals surface area contributed by atoms with Crippen LogP contribution >= 0.6 is 0 Å². The van der Waals surface area contributed by atoms with Crippen LogP contribution in [0.4, 0.5) is 0 Å². The highest BCUT2D eigenvalue weighted by Crippen LogP contribution is 2.18. The van der Waals surface area contributed by atoms with Gasteiger partial charge in [-0.15, -0.1) is 0 Å². The monoisotopic (exact) mass is 276 g/mol. The van der Waals surface area contributed by atoms with E-state index >= 15 is 0 Å². The summed E-state index contributed by atoms with van der Waals surface area (Å²) in [5.74, 6) is -0.334. The van der Waals surface area contributed by atoms with Crippen LogP contribution in [0.1, 0.15) is 25.5 Å². The maximum absolute atomic E-state index is 12.0. The number of nitrogens with one attached hydrogen (secondary N) is 1. The Morgan fingerprint density at radius 1 is 1.40 bits per heavy atom. The van der Waals surface area contributed by atoms with Gasteiger partial charge in [-0.1, -0.05) is 49.4 Å². The minimum absolute atomic E-state index is 0.0553. The Labute approximate surface area is 121 Å². The summed E-state index contributed by atoms with van der Waals surface area (Å²) in [5, 5.41) is 2.83. The van der Waals surface area contributed by atoms with Gasteiger partial charge < -0.3 is 15.8 Å². The standard InChI is InChI=1S/C16H24N2O2/c1-12(2)11-20-10-9-18-16(19)13(3)15(17)14-7-5-4-6-8-14/h4-8,13,15H,1,9-11,17H2,2-3H3,(H,18,19). The van der Waals surface area contributed by atoms with E-state index < -0.39 is 0 Å². The summed E-state index contributed by atoms with van der Waals surface area (Å²) in [7, 11) is 0. The van der Waals surface area contributed by atoms with E-state index in [0.29, 0.717) is 19.8 Å². The molecule has 0 aliphatic rings. The Morgan fingerprint density at radius 3 is 2.65 bits per heavy atom. The molecule has 4 heteroatoms. The van der Waals surface area contributed by atoms with Crippen molar-refractivity contribution in [3.8, 4) is 0 Å². The zero-order valence-electron chi connectivity index (χ0n) is 12.3. The number of hydrogen-bond donors (Lipinski definition) is 2. The summed E-state index contributed by atoms with van der Waals surface area (Å²) in [5.41, 5.74) is 8.04. The van der Waals surface area contributed by atoms with Crippen LogP contribution in [0.3, 0.4) is 0 Å². The van der Waals surface area contributed by atoms with Crippen LogP contribution in [0.5, 0.6) is 0 Å². The Bertz CT molecular complexity index is 431. The normalized spacial score (nSPS) is 13.6. The lowest BCUT2D eigenvalue weighted by Gasteiger charge is -2.19. The summed E-state index contributed by atoms with van der Waals surface area (Å²) in [4.78, 5) is 12.0. The fourth-order valence-electron chi connectivity index (χ4n) is 1.78. The van der Waals surface area contributed by atoms with E-state index in [-0.39, 0.29) is 17.9 Å². The lowest BCUT2D eigenvalue weighted by Crippen LogP contribution is -2.37. The maximum atomic E-state index is 12.0. The lowest BCUT2D eigenvalue weighted by molar-refractivity contribution is -0.125. The molecule has 1 aromatic carbocycles. The zero-order valence-corrected chi connectivity index (χ0v) is 12.3. The van der Waals surface area contributed by atoms with Crippen molar-refractivity contribution in [3.05, 3.63) is 48.0 Å². The Kier molecular flexibility index (Phi) is 6.98. The van der Waals surface area contributed by atoms with Crippen molar-refractivity contribution < 1.29 is 9.53 Å². The summed E-state index contributed by atoms with van der Waals surface area (Å²) in [6, 6.07) is 9.35. The number of rotatable bonds is 8. The van der Waals surface area contributed by atoms with Gasteiger partial charge in [0.2, 0.25) is 5.91 Å². The van der Waals surface area contributed by atoms with Crippen LogP contribution in [-0.2, 0) is 9.53 Å². The van der Waals surface area contributed by atoms with Gasteiger partial charge in [0, 0.05) is 12.6 Å². The van der Waals surface area contributed by atoms with Gasteiger partial charge in [0.25, 0.3) is 0 Å². The molecule has 0 spiro atoms. The molecule has 0 aliphatic carbocycles. The molecule has 0 radical (unpaired) electrons. The molecular weight excluding hydrogens is 252 g/mol. The SMILES string of the molecule is C=C(C)COCCNC(=O)C(C)C(N)c1ccccc1. The third-order valence-electron chi connectivity index (χ3n) is 3.03. The number of benzene rings is 1. The summed E-state index contributed by atoms with van der Waals surface area (Å²) < 4.78 is 5.32. The van der Waals surface area contributed by atoms with Gasteiger partial charge in [-0.2, -0.15) is 0 Å². The van der Waals surface area contributed by atoms with Crippen molar-refractivity contribution in [2.45, 2.75) is 19.9 Å². The van der Waals surface area contributed by atoms with Crippen molar-refractivity contribution in [2.24, 2.45) is 11.7 Å². The molecule has 1 rings (SSSR count). The van der Waals surface area contributed by atoms with Gasteiger partial charge >= 0.3 is 0 Å². The molecule has 110 valence electrons. The second kappa shape index (κ2) is 8.51. The highest BCUT2D eigenvalue weighted by atomic mass is 16.5. The minimum Gasteiger partial charge on any atom is -0.375 e. The number of amides is 1. The average molecular weight is 276 g/mol. The Morgan fingerprint density at radius 2 is 2.05 bits per heavy atom. The predicted molar refractivity (Wildman–Crippen MR) is 81.2 cm³/mol. The van der Waals surface area contributed by atoms with Crippen LogP contribution in [0.15, 0.2) is 42.5 Å². The summed E-state index contributed by atoms with van der Waals surface area (Å²) in [6.07, 6.45) is 0. The molecule has 2 unspecified atom stereocenters. The smallest absolute Gasteiger partial charge is 0.224 e. The molecule has 4 nitrogen and oxygen atoms in total. The first-order valence-corrected chi connectivity index (χ1v) is 6.82. The summed E-state index contributed by atoms with van der Waals surface area (Å²) >= 11 is 0. The second-order valence-electron chi connectivity index (χ2n) is 5.03. The van der Waals surface area contributed by atoms with Crippen molar-refractivity contribution in [1.82, 2.24) is 5.32 Å². The molecule has 3 N–H and O–H groups in total. The Balaban J connectivity index is 2.34. The van der Waals surface area contributed by atoms with Crippen LogP contribution < -0.4 is 11.1 Å². The number of ether oxygens (including phenoxy) is 1. The molecule has 0 fully saturated rings. The first-order valence-electron chi connectivity index (χ1n) is 6.82. The number of nitrogens with two attached hydrogens (primary N) is 1. The molecule has 0 aliphatic heterocycles. The molecule has 0 saturated carbocycles. The highest BCUT2D eigenvalue weighted by molar-refractivity contribution is 5.79. The zero-order chi connectivity index (χ0) is 15.0. The molecule has 0 bridgehead atoms. The second-order valence-corrected chi connectivity index (χ2v) is 5.03. The van der Waals surface area contributed by atoms with E-state index in [1.165, 1.54) is 0 Å². The van der Waals surface area contributed by atoms with Gasteiger partial charge in [-0.25, -0.2) is 0 Å². The first kappa shape index (κ1) is 16.4. The molecule has 20 heavy (non-hydrogen) atoms. The van der Waals surface area contributed by atoms with E-state index in [4.69, 9.17) is 10.5 Å². The fraction of sp³-hybridized carbons (Fsp3) is 0.438. The fourth-order valence-corrected chi connectivity index (χ4v) is 1.78. The van der Waals surface area contributed by atoms with Crippen LogP contribution in [0.2, 0.25) is 0 Å². The van der Waals surface area contributed by atoms with Crippen LogP contribution in [0, 0.1) is 5.92 Å². The van der Waals surface area contributed by atoms with Gasteiger partial charge in [-0.05, 0) is 12.5 Å². The van der Waals surface area contributed by atoms with Crippen LogP contribution in [0.25, 0.3) is 0 Å². The number of carbonyl (C=O) groups excluding carboxylic acids is 1. The molecule has 0 saturated heterocycles. The van der Waals surface area contributed by atoms with E-state index in [1.807, 2.05) is 44.2 Å². The van der Waals surface area contributed by atoms with Crippen LogP contribution in [-0.4, -0.2) is 25.7 Å². The molecule has 1 aromatic rings. The molecule has 1 amide bonds. The minimum atomic E-state index is -0.299. The van der Waals surface area contributed by atoms with Crippen molar-refractivity contribution in [3.63, 3.8) is 0 Å². The van der Waals surface area contributed by atoms with Gasteiger partial charge in [0.15, 0.2) is 0 Å². The third kappa shape index (κ3) is 5.55. The van der Waals surface area contributed by atoms with Gasteiger partial charge in [0.1, 0.15) is 0 Å². The van der Waals surface area contributed by atoms with Gasteiger partial charge in [-0.3, -0.25) is 4.79 Å². The topological polar surface area (TPSA) is 64.3 Å². The molecule has 0 heterocycles. The molecular formula is C16H24N2O2. The van der Waals surface area contributed by atoms with Crippen molar-refractivity contribution in [2.75, 3.05) is 19.8 Å². The van der Waals surface area contributed by atoms with E-state index in [0.717, 1.165) is 11.1 Å². The van der Waals surface area contributed by atoms with Crippen molar-refractivity contribution in [1.29, 1.82) is 0 Å². The first-order chi connectivity index (χ1) is 9.52. The predicted octanol–water partition coefficient (Wildman–Crippen LogP) is 2.03. The third-order valence-corrected chi connectivity index (χ3v) is 3.03.